The lowest BCUT2D eigenvalue weighted by atomic mass is 10.2. The topological polar surface area (TPSA) is 82.5 Å². The Labute approximate surface area is 141 Å². The number of nitrogens with one attached hydrogen (secondary N) is 1. The van der Waals surface area contributed by atoms with Gasteiger partial charge < -0.3 is 10.4 Å². The number of benzene rings is 1. The molecule has 1 aromatic carbocycles. The number of hydrogen-bond donors (Lipinski definition) is 2. The quantitative estimate of drug-likeness (QED) is 0.866. The van der Waals surface area contributed by atoms with Gasteiger partial charge in [-0.15, -0.1) is 11.3 Å². The first-order valence-electron chi connectivity index (χ1n) is 7.51. The zero-order valence-corrected chi connectivity index (χ0v) is 13.6. The van der Waals surface area contributed by atoms with Gasteiger partial charge in [0.25, 0.3) is 0 Å². The monoisotopic (exact) mass is 349 g/mol. The fourth-order valence-electron chi connectivity index (χ4n) is 2.72. The van der Waals surface area contributed by atoms with Gasteiger partial charge in [0.15, 0.2) is 5.13 Å². The second-order valence-corrected chi connectivity index (χ2v) is 6.42. The van der Waals surface area contributed by atoms with E-state index < -0.39 is 12.0 Å². The van der Waals surface area contributed by atoms with E-state index in [0.29, 0.717) is 23.8 Å². The smallest absolute Gasteiger partial charge is 0.320 e. The molecule has 2 N–H and O–H groups in total. The van der Waals surface area contributed by atoms with Gasteiger partial charge in [0.1, 0.15) is 11.9 Å². The molecule has 24 heavy (non-hydrogen) atoms. The number of likely N-dealkylation sites (tertiary alicyclic amines) is 1. The Morgan fingerprint density at radius 2 is 2.12 bits per heavy atom. The van der Waals surface area contributed by atoms with Crippen LogP contribution in [0.15, 0.2) is 29.6 Å². The van der Waals surface area contributed by atoms with Gasteiger partial charge in [-0.25, -0.2) is 9.37 Å². The van der Waals surface area contributed by atoms with Crippen LogP contribution >= 0.6 is 11.3 Å². The zero-order valence-electron chi connectivity index (χ0n) is 12.7. The maximum Gasteiger partial charge on any atom is 0.320 e. The van der Waals surface area contributed by atoms with Crippen LogP contribution in [0.25, 0.3) is 11.3 Å². The summed E-state index contributed by atoms with van der Waals surface area (Å²) in [7, 11) is 0. The Balaban J connectivity index is 1.61. The maximum atomic E-state index is 12.9. The van der Waals surface area contributed by atoms with Crippen molar-refractivity contribution in [2.24, 2.45) is 0 Å². The van der Waals surface area contributed by atoms with Gasteiger partial charge in [0.2, 0.25) is 5.91 Å². The van der Waals surface area contributed by atoms with Gasteiger partial charge in [-0.2, -0.15) is 0 Å². The van der Waals surface area contributed by atoms with Crippen LogP contribution in [0.5, 0.6) is 0 Å². The molecule has 1 aliphatic heterocycles. The number of rotatable bonds is 5. The number of aromatic nitrogens is 1. The number of carboxylic acids is 1. The van der Waals surface area contributed by atoms with Crippen molar-refractivity contribution in [1.29, 1.82) is 0 Å². The van der Waals surface area contributed by atoms with E-state index in [1.807, 2.05) is 0 Å². The van der Waals surface area contributed by atoms with Crippen LogP contribution in [-0.4, -0.2) is 46.0 Å². The zero-order chi connectivity index (χ0) is 17.1. The van der Waals surface area contributed by atoms with E-state index in [-0.39, 0.29) is 18.3 Å². The lowest BCUT2D eigenvalue weighted by Gasteiger charge is -2.19. The first-order valence-corrected chi connectivity index (χ1v) is 8.39. The van der Waals surface area contributed by atoms with Gasteiger partial charge in [-0.3, -0.25) is 14.5 Å². The summed E-state index contributed by atoms with van der Waals surface area (Å²) >= 11 is 1.27. The molecule has 2 heterocycles. The Kier molecular flexibility index (Phi) is 4.86. The van der Waals surface area contributed by atoms with Crippen molar-refractivity contribution in [3.8, 4) is 11.3 Å². The average Bonchev–Trinajstić information content (AvgIpc) is 3.17. The van der Waals surface area contributed by atoms with Gasteiger partial charge in [0.05, 0.1) is 12.2 Å². The highest BCUT2D eigenvalue weighted by atomic mass is 32.1. The van der Waals surface area contributed by atoms with Crippen LogP contribution in [0.3, 0.4) is 0 Å². The highest BCUT2D eigenvalue weighted by molar-refractivity contribution is 7.14. The Hall–Kier alpha value is -2.32. The average molecular weight is 349 g/mol. The largest absolute Gasteiger partial charge is 0.480 e. The van der Waals surface area contributed by atoms with E-state index in [0.717, 1.165) is 12.0 Å². The number of nitrogens with zero attached hydrogens (tertiary/aromatic N) is 2. The molecule has 126 valence electrons. The molecule has 0 bridgehead atoms. The van der Waals surface area contributed by atoms with Crippen molar-refractivity contribution in [3.63, 3.8) is 0 Å². The molecule has 0 spiro atoms. The number of aliphatic carboxylic acids is 1. The van der Waals surface area contributed by atoms with Gasteiger partial charge >= 0.3 is 5.97 Å². The van der Waals surface area contributed by atoms with E-state index in [1.165, 1.54) is 23.5 Å². The minimum absolute atomic E-state index is 0.0302. The van der Waals surface area contributed by atoms with Crippen molar-refractivity contribution in [1.82, 2.24) is 9.88 Å². The van der Waals surface area contributed by atoms with Crippen LogP contribution in [0.1, 0.15) is 12.8 Å². The van der Waals surface area contributed by atoms with Crippen LogP contribution in [0.4, 0.5) is 9.52 Å². The lowest BCUT2D eigenvalue weighted by molar-refractivity contribution is -0.142. The molecule has 1 aromatic heterocycles. The molecule has 1 amide bonds. The second-order valence-electron chi connectivity index (χ2n) is 5.56. The van der Waals surface area contributed by atoms with E-state index >= 15 is 0 Å². The van der Waals surface area contributed by atoms with E-state index in [1.54, 1.807) is 22.4 Å². The lowest BCUT2D eigenvalue weighted by Crippen LogP contribution is -2.40. The number of carbonyl (C=O) groups excluding carboxylic acids is 1. The summed E-state index contributed by atoms with van der Waals surface area (Å²) in [4.78, 5) is 29.2. The van der Waals surface area contributed by atoms with E-state index in [4.69, 9.17) is 5.11 Å². The van der Waals surface area contributed by atoms with E-state index in [9.17, 15) is 14.0 Å². The summed E-state index contributed by atoms with van der Waals surface area (Å²) in [6.07, 6.45) is 1.34. The van der Waals surface area contributed by atoms with Gasteiger partial charge in [0, 0.05) is 10.9 Å². The normalized spacial score (nSPS) is 17.8. The highest BCUT2D eigenvalue weighted by Crippen LogP contribution is 2.25. The Morgan fingerprint density at radius 1 is 1.38 bits per heavy atom. The Bertz CT molecular complexity index is 747. The first kappa shape index (κ1) is 16.5. The minimum atomic E-state index is -0.895. The highest BCUT2D eigenvalue weighted by Gasteiger charge is 2.31. The third-order valence-corrected chi connectivity index (χ3v) is 4.64. The van der Waals surface area contributed by atoms with Crippen LogP contribution in [0.2, 0.25) is 0 Å². The van der Waals surface area contributed by atoms with E-state index in [2.05, 4.69) is 10.3 Å². The molecule has 1 atom stereocenters. The predicted octanol–water partition coefficient (Wildman–Crippen LogP) is 2.44. The Morgan fingerprint density at radius 3 is 2.83 bits per heavy atom. The summed E-state index contributed by atoms with van der Waals surface area (Å²) in [5, 5.41) is 14.0. The molecule has 2 aromatic rings. The third kappa shape index (κ3) is 3.77. The summed E-state index contributed by atoms with van der Waals surface area (Å²) in [6, 6.07) is 5.36. The van der Waals surface area contributed by atoms with Crippen molar-refractivity contribution in [3.05, 3.63) is 35.5 Å². The number of thiazole rings is 1. The number of amides is 1. The molecular weight excluding hydrogens is 333 g/mol. The summed E-state index contributed by atoms with van der Waals surface area (Å²) in [5.41, 5.74) is 1.42. The van der Waals surface area contributed by atoms with Crippen LogP contribution in [-0.2, 0) is 9.59 Å². The summed E-state index contributed by atoms with van der Waals surface area (Å²) < 4.78 is 12.9. The molecule has 8 heteroatoms. The molecule has 0 radical (unpaired) electrons. The number of anilines is 1. The predicted molar refractivity (Wildman–Crippen MR) is 88.4 cm³/mol. The maximum absolute atomic E-state index is 12.9. The molecule has 1 fully saturated rings. The molecule has 0 saturated carbocycles. The molecule has 3 rings (SSSR count). The van der Waals surface area contributed by atoms with Crippen molar-refractivity contribution >= 4 is 28.3 Å². The molecule has 1 unspecified atom stereocenters. The number of hydrogen-bond acceptors (Lipinski definition) is 5. The van der Waals surface area contributed by atoms with Crippen molar-refractivity contribution in [2.75, 3.05) is 18.4 Å². The standard InChI is InChI=1S/C16H16FN3O3S/c17-11-5-3-10(4-6-11)12-9-24-16(18-12)19-14(21)8-20-7-1-2-13(20)15(22)23/h3-6,9,13H,1-2,7-8H2,(H,22,23)(H,18,19,21). The summed E-state index contributed by atoms with van der Waals surface area (Å²) in [5.74, 6) is -1.50. The fourth-order valence-corrected chi connectivity index (χ4v) is 3.46. The fraction of sp³-hybridized carbons (Fsp3) is 0.312. The molecule has 1 saturated heterocycles. The van der Waals surface area contributed by atoms with Gasteiger partial charge in [-0.1, -0.05) is 0 Å². The minimum Gasteiger partial charge on any atom is -0.480 e. The van der Waals surface area contributed by atoms with Crippen LogP contribution < -0.4 is 5.32 Å². The van der Waals surface area contributed by atoms with Crippen molar-refractivity contribution in [2.45, 2.75) is 18.9 Å². The van der Waals surface area contributed by atoms with Gasteiger partial charge in [-0.05, 0) is 43.7 Å². The number of carbonyl (C=O) groups is 2. The molecule has 6 nitrogen and oxygen atoms in total. The number of carboxylic acid groups (broad SMARTS) is 1. The molecule has 1 aliphatic rings. The van der Waals surface area contributed by atoms with Crippen molar-refractivity contribution < 1.29 is 19.1 Å². The first-order chi connectivity index (χ1) is 11.5. The second kappa shape index (κ2) is 7.06. The SMILES string of the molecule is O=C(CN1CCCC1C(=O)O)Nc1nc(-c2ccc(F)cc2)cs1. The molecule has 0 aliphatic carbocycles. The third-order valence-electron chi connectivity index (χ3n) is 3.89. The van der Waals surface area contributed by atoms with Crippen LogP contribution in [0, 0.1) is 5.82 Å². The summed E-state index contributed by atoms with van der Waals surface area (Å²) in [6.45, 7) is 0.630. The number of halogens is 1. The molecular formula is C16H16FN3O3S.